The zero-order valence-corrected chi connectivity index (χ0v) is 10.8. The standard InChI is InChI=1S/C14H21F2NO/c1-2-3-11(6-7-18)9-17-10-12-8-13(15)4-5-14(12)16/h4-5,8,11,17-18H,2-3,6-7,9-10H2,1H3. The summed E-state index contributed by atoms with van der Waals surface area (Å²) < 4.78 is 26.3. The number of hydrogen-bond acceptors (Lipinski definition) is 2. The first-order chi connectivity index (χ1) is 8.67. The van der Waals surface area contributed by atoms with Crippen molar-refractivity contribution < 1.29 is 13.9 Å². The lowest BCUT2D eigenvalue weighted by molar-refractivity contribution is 0.248. The zero-order valence-electron chi connectivity index (χ0n) is 10.8. The van der Waals surface area contributed by atoms with Crippen LogP contribution in [0.1, 0.15) is 31.7 Å². The minimum atomic E-state index is -0.423. The quantitative estimate of drug-likeness (QED) is 0.750. The molecule has 0 aliphatic rings. The van der Waals surface area contributed by atoms with E-state index >= 15 is 0 Å². The van der Waals surface area contributed by atoms with Crippen LogP contribution in [0.3, 0.4) is 0 Å². The van der Waals surface area contributed by atoms with E-state index in [1.165, 1.54) is 6.07 Å². The van der Waals surface area contributed by atoms with E-state index in [0.29, 0.717) is 24.6 Å². The van der Waals surface area contributed by atoms with Crippen LogP contribution in [0.4, 0.5) is 8.78 Å². The first kappa shape index (κ1) is 15.1. The van der Waals surface area contributed by atoms with Crippen molar-refractivity contribution in [2.45, 2.75) is 32.7 Å². The summed E-state index contributed by atoms with van der Waals surface area (Å²) in [6.45, 7) is 3.29. The summed E-state index contributed by atoms with van der Waals surface area (Å²) in [5.74, 6) is -0.427. The molecule has 1 atom stereocenters. The Bertz CT molecular complexity index is 352. The molecule has 1 aromatic rings. The Morgan fingerprint density at radius 3 is 2.72 bits per heavy atom. The molecule has 0 radical (unpaired) electrons. The molecule has 0 heterocycles. The van der Waals surface area contributed by atoms with Gasteiger partial charge in [-0.05, 0) is 43.5 Å². The number of aliphatic hydroxyl groups is 1. The Hall–Kier alpha value is -1.00. The van der Waals surface area contributed by atoms with Crippen LogP contribution in [0.15, 0.2) is 18.2 Å². The number of halogens is 2. The van der Waals surface area contributed by atoms with Crippen LogP contribution in [0.25, 0.3) is 0 Å². The monoisotopic (exact) mass is 257 g/mol. The second-order valence-electron chi connectivity index (χ2n) is 4.53. The van der Waals surface area contributed by atoms with Gasteiger partial charge in [0.15, 0.2) is 0 Å². The minimum Gasteiger partial charge on any atom is -0.396 e. The maximum atomic E-state index is 13.3. The molecule has 2 nitrogen and oxygen atoms in total. The molecule has 0 aliphatic carbocycles. The predicted molar refractivity (Wildman–Crippen MR) is 68.2 cm³/mol. The van der Waals surface area contributed by atoms with E-state index in [0.717, 1.165) is 31.4 Å². The second-order valence-corrected chi connectivity index (χ2v) is 4.53. The van der Waals surface area contributed by atoms with Gasteiger partial charge in [-0.25, -0.2) is 8.78 Å². The largest absolute Gasteiger partial charge is 0.396 e. The molecule has 0 spiro atoms. The molecule has 0 bridgehead atoms. The van der Waals surface area contributed by atoms with Crippen molar-refractivity contribution in [1.82, 2.24) is 5.32 Å². The molecular weight excluding hydrogens is 236 g/mol. The van der Waals surface area contributed by atoms with Crippen molar-refractivity contribution in [2.75, 3.05) is 13.2 Å². The summed E-state index contributed by atoms with van der Waals surface area (Å²) in [4.78, 5) is 0. The molecule has 1 unspecified atom stereocenters. The second kappa shape index (κ2) is 8.16. The fourth-order valence-electron chi connectivity index (χ4n) is 2.03. The lowest BCUT2D eigenvalue weighted by atomic mass is 10.0. The van der Waals surface area contributed by atoms with Crippen LogP contribution >= 0.6 is 0 Å². The van der Waals surface area contributed by atoms with E-state index < -0.39 is 11.6 Å². The molecule has 4 heteroatoms. The van der Waals surface area contributed by atoms with Gasteiger partial charge in [-0.15, -0.1) is 0 Å². The van der Waals surface area contributed by atoms with Gasteiger partial charge in [0.05, 0.1) is 0 Å². The Morgan fingerprint density at radius 1 is 1.28 bits per heavy atom. The molecule has 0 fully saturated rings. The van der Waals surface area contributed by atoms with Crippen LogP contribution < -0.4 is 5.32 Å². The first-order valence-electron chi connectivity index (χ1n) is 6.42. The molecule has 0 amide bonds. The summed E-state index contributed by atoms with van der Waals surface area (Å²) in [6, 6.07) is 3.47. The van der Waals surface area contributed by atoms with Crippen molar-refractivity contribution in [1.29, 1.82) is 0 Å². The van der Waals surface area contributed by atoms with E-state index in [-0.39, 0.29) is 6.61 Å². The van der Waals surface area contributed by atoms with Gasteiger partial charge in [0, 0.05) is 18.7 Å². The highest BCUT2D eigenvalue weighted by atomic mass is 19.1. The summed E-state index contributed by atoms with van der Waals surface area (Å²) in [6.07, 6.45) is 2.83. The molecule has 102 valence electrons. The van der Waals surface area contributed by atoms with E-state index in [1.807, 2.05) is 0 Å². The van der Waals surface area contributed by atoms with Gasteiger partial charge in [0.1, 0.15) is 11.6 Å². The van der Waals surface area contributed by atoms with Crippen LogP contribution in [0, 0.1) is 17.6 Å². The lowest BCUT2D eigenvalue weighted by Crippen LogP contribution is -2.23. The number of rotatable bonds is 8. The normalized spacial score (nSPS) is 12.7. The van der Waals surface area contributed by atoms with Crippen molar-refractivity contribution in [3.63, 3.8) is 0 Å². The highest BCUT2D eigenvalue weighted by molar-refractivity contribution is 5.18. The number of nitrogens with one attached hydrogen (secondary N) is 1. The third-order valence-corrected chi connectivity index (χ3v) is 2.99. The lowest BCUT2D eigenvalue weighted by Gasteiger charge is -2.15. The van der Waals surface area contributed by atoms with E-state index in [9.17, 15) is 8.78 Å². The molecule has 1 aromatic carbocycles. The van der Waals surface area contributed by atoms with Crippen molar-refractivity contribution in [3.05, 3.63) is 35.4 Å². The molecule has 0 saturated heterocycles. The van der Waals surface area contributed by atoms with Crippen molar-refractivity contribution in [2.24, 2.45) is 5.92 Å². The van der Waals surface area contributed by atoms with Gasteiger partial charge >= 0.3 is 0 Å². The summed E-state index contributed by atoms with van der Waals surface area (Å²) in [5, 5.41) is 12.0. The minimum absolute atomic E-state index is 0.167. The SMILES string of the molecule is CCCC(CCO)CNCc1cc(F)ccc1F. The maximum absolute atomic E-state index is 13.3. The van der Waals surface area contributed by atoms with Crippen LogP contribution in [0.5, 0.6) is 0 Å². The summed E-state index contributed by atoms with van der Waals surface area (Å²) in [5.41, 5.74) is 0.342. The smallest absolute Gasteiger partial charge is 0.127 e. The highest BCUT2D eigenvalue weighted by Crippen LogP contribution is 2.12. The van der Waals surface area contributed by atoms with Crippen molar-refractivity contribution >= 4 is 0 Å². The molecule has 0 aromatic heterocycles. The van der Waals surface area contributed by atoms with Gasteiger partial charge in [-0.3, -0.25) is 0 Å². The maximum Gasteiger partial charge on any atom is 0.127 e. The Kier molecular flexibility index (Phi) is 6.83. The van der Waals surface area contributed by atoms with E-state index in [1.54, 1.807) is 0 Å². The third kappa shape index (κ3) is 5.10. The Balaban J connectivity index is 2.41. The topological polar surface area (TPSA) is 32.3 Å². The third-order valence-electron chi connectivity index (χ3n) is 2.99. The number of aliphatic hydroxyl groups excluding tert-OH is 1. The molecule has 2 N–H and O–H groups in total. The highest BCUT2D eigenvalue weighted by Gasteiger charge is 2.08. The van der Waals surface area contributed by atoms with Gasteiger partial charge < -0.3 is 10.4 Å². The molecule has 1 rings (SSSR count). The van der Waals surface area contributed by atoms with Crippen LogP contribution in [-0.2, 0) is 6.54 Å². The van der Waals surface area contributed by atoms with E-state index in [2.05, 4.69) is 12.2 Å². The average molecular weight is 257 g/mol. The Labute approximate surface area is 107 Å². The molecule has 0 saturated carbocycles. The van der Waals surface area contributed by atoms with Crippen LogP contribution in [0.2, 0.25) is 0 Å². The fourth-order valence-corrected chi connectivity index (χ4v) is 2.03. The Morgan fingerprint density at radius 2 is 2.06 bits per heavy atom. The number of hydrogen-bond donors (Lipinski definition) is 2. The molecular formula is C14H21F2NO. The van der Waals surface area contributed by atoms with E-state index in [4.69, 9.17) is 5.11 Å². The van der Waals surface area contributed by atoms with Gasteiger partial charge in [-0.1, -0.05) is 13.3 Å². The van der Waals surface area contributed by atoms with Crippen molar-refractivity contribution in [3.8, 4) is 0 Å². The van der Waals surface area contributed by atoms with Gasteiger partial charge in [-0.2, -0.15) is 0 Å². The van der Waals surface area contributed by atoms with Gasteiger partial charge in [0.25, 0.3) is 0 Å². The predicted octanol–water partition coefficient (Wildman–Crippen LogP) is 2.85. The first-order valence-corrected chi connectivity index (χ1v) is 6.42. The summed E-state index contributed by atoms with van der Waals surface area (Å²) in [7, 11) is 0. The summed E-state index contributed by atoms with van der Waals surface area (Å²) >= 11 is 0. The zero-order chi connectivity index (χ0) is 13.4. The molecule has 0 aliphatic heterocycles. The average Bonchev–Trinajstić information content (AvgIpc) is 2.34. The number of benzene rings is 1. The molecule has 18 heavy (non-hydrogen) atoms. The van der Waals surface area contributed by atoms with Gasteiger partial charge in [0.2, 0.25) is 0 Å². The van der Waals surface area contributed by atoms with Crippen LogP contribution in [-0.4, -0.2) is 18.3 Å². The fraction of sp³-hybridized carbons (Fsp3) is 0.571.